The maximum absolute atomic E-state index is 13.6. The Labute approximate surface area is 188 Å². The summed E-state index contributed by atoms with van der Waals surface area (Å²) in [5.74, 6) is 0.215. The van der Waals surface area contributed by atoms with Crippen LogP contribution in [0, 0.1) is 11.6 Å². The predicted molar refractivity (Wildman–Crippen MR) is 120 cm³/mol. The molecule has 4 aromatic rings. The standard InChI is InChI=1S/C23H23F2N5OS/c1-2-19-26-23-30(27-19)22(31)21(32-23)20(15-3-5-16(24)6-4-15)29-13-11-28(12-14-29)18-9-7-17(25)8-10-18/h3-10,20,31H,2,11-14H2,1H3/t20-/m1/s1. The van der Waals surface area contributed by atoms with Crippen molar-refractivity contribution < 1.29 is 13.9 Å². The first-order chi connectivity index (χ1) is 15.5. The third-order valence-electron chi connectivity index (χ3n) is 5.87. The Morgan fingerprint density at radius 3 is 2.19 bits per heavy atom. The summed E-state index contributed by atoms with van der Waals surface area (Å²) in [6, 6.07) is 12.7. The van der Waals surface area contributed by atoms with Gasteiger partial charge in [-0.2, -0.15) is 4.52 Å². The lowest BCUT2D eigenvalue weighted by atomic mass is 10.0. The van der Waals surface area contributed by atoms with Crippen molar-refractivity contribution in [3.63, 3.8) is 0 Å². The number of hydrogen-bond donors (Lipinski definition) is 1. The lowest BCUT2D eigenvalue weighted by Crippen LogP contribution is -2.47. The minimum atomic E-state index is -0.298. The van der Waals surface area contributed by atoms with Crippen molar-refractivity contribution in [3.05, 3.63) is 76.4 Å². The van der Waals surface area contributed by atoms with E-state index in [0.717, 1.165) is 42.3 Å². The highest BCUT2D eigenvalue weighted by Crippen LogP contribution is 2.40. The zero-order valence-corrected chi connectivity index (χ0v) is 18.4. The number of aromatic nitrogens is 3. The highest BCUT2D eigenvalue weighted by Gasteiger charge is 2.32. The molecule has 1 fully saturated rings. The molecule has 1 aliphatic heterocycles. The fraction of sp³-hybridized carbons (Fsp3) is 0.304. The molecule has 0 aliphatic carbocycles. The number of halogens is 2. The molecule has 0 amide bonds. The van der Waals surface area contributed by atoms with Crippen LogP contribution in [0.3, 0.4) is 0 Å². The summed E-state index contributed by atoms with van der Waals surface area (Å²) in [6.45, 7) is 4.94. The van der Waals surface area contributed by atoms with E-state index in [1.54, 1.807) is 24.3 Å². The lowest BCUT2D eigenvalue weighted by molar-refractivity contribution is 0.211. The summed E-state index contributed by atoms with van der Waals surface area (Å²) in [6.07, 6.45) is 0.690. The van der Waals surface area contributed by atoms with Gasteiger partial charge in [0.2, 0.25) is 10.8 Å². The van der Waals surface area contributed by atoms with E-state index in [0.29, 0.717) is 17.2 Å². The average molecular weight is 456 g/mol. The van der Waals surface area contributed by atoms with Crippen molar-refractivity contribution in [1.82, 2.24) is 19.5 Å². The molecular weight excluding hydrogens is 432 g/mol. The van der Waals surface area contributed by atoms with E-state index in [2.05, 4.69) is 19.9 Å². The van der Waals surface area contributed by atoms with Crippen LogP contribution in [-0.4, -0.2) is 50.8 Å². The number of thiazole rings is 1. The Morgan fingerprint density at radius 1 is 0.969 bits per heavy atom. The van der Waals surface area contributed by atoms with Gasteiger partial charge >= 0.3 is 0 Å². The minimum Gasteiger partial charge on any atom is -0.492 e. The SMILES string of the molecule is CCc1nc2sc([C@@H](c3ccc(F)cc3)N3CCN(c4ccc(F)cc4)CC3)c(O)n2n1. The highest BCUT2D eigenvalue weighted by atomic mass is 32.1. The zero-order valence-electron chi connectivity index (χ0n) is 17.6. The molecule has 1 atom stereocenters. The third kappa shape index (κ3) is 3.82. The second-order valence-electron chi connectivity index (χ2n) is 7.82. The van der Waals surface area contributed by atoms with Gasteiger partial charge in [0.25, 0.3) is 0 Å². The molecule has 2 aromatic heterocycles. The first kappa shape index (κ1) is 20.8. The molecule has 0 unspecified atom stereocenters. The molecule has 0 bridgehead atoms. The summed E-state index contributed by atoms with van der Waals surface area (Å²) >= 11 is 1.41. The molecule has 2 aromatic carbocycles. The van der Waals surface area contributed by atoms with Crippen LogP contribution in [0.2, 0.25) is 0 Å². The first-order valence-corrected chi connectivity index (χ1v) is 11.4. The van der Waals surface area contributed by atoms with E-state index in [9.17, 15) is 13.9 Å². The summed E-state index contributed by atoms with van der Waals surface area (Å²) in [4.78, 5) is 10.4. The van der Waals surface area contributed by atoms with Gasteiger partial charge in [-0.25, -0.2) is 13.8 Å². The molecule has 6 nitrogen and oxygen atoms in total. The summed E-state index contributed by atoms with van der Waals surface area (Å²) in [5.41, 5.74) is 1.88. The monoisotopic (exact) mass is 455 g/mol. The molecule has 0 saturated carbocycles. The Kier molecular flexibility index (Phi) is 5.52. The fourth-order valence-corrected chi connectivity index (χ4v) is 5.32. The zero-order chi connectivity index (χ0) is 22.2. The summed E-state index contributed by atoms with van der Waals surface area (Å²) in [5, 5.41) is 15.4. The molecule has 1 saturated heterocycles. The normalized spacial score (nSPS) is 16.0. The predicted octanol–water partition coefficient (Wildman–Crippen LogP) is 4.25. The van der Waals surface area contributed by atoms with Gasteiger partial charge in [-0.15, -0.1) is 5.10 Å². The van der Waals surface area contributed by atoms with Crippen molar-refractivity contribution in [2.24, 2.45) is 0 Å². The van der Waals surface area contributed by atoms with Crippen molar-refractivity contribution in [1.29, 1.82) is 0 Å². The van der Waals surface area contributed by atoms with Gasteiger partial charge < -0.3 is 10.0 Å². The number of nitrogens with zero attached hydrogens (tertiary/aromatic N) is 5. The summed E-state index contributed by atoms with van der Waals surface area (Å²) < 4.78 is 28.4. The molecule has 1 N–H and O–H groups in total. The lowest BCUT2D eigenvalue weighted by Gasteiger charge is -2.40. The van der Waals surface area contributed by atoms with E-state index >= 15 is 0 Å². The molecule has 9 heteroatoms. The van der Waals surface area contributed by atoms with Gasteiger partial charge in [-0.3, -0.25) is 4.90 Å². The van der Waals surface area contributed by atoms with Crippen LogP contribution in [0.1, 0.15) is 29.2 Å². The van der Waals surface area contributed by atoms with Crippen LogP contribution in [0.4, 0.5) is 14.5 Å². The fourth-order valence-electron chi connectivity index (χ4n) is 4.18. The Hall–Kier alpha value is -3.04. The topological polar surface area (TPSA) is 56.9 Å². The van der Waals surface area contributed by atoms with Crippen molar-refractivity contribution in [2.75, 3.05) is 31.1 Å². The van der Waals surface area contributed by atoms with Crippen molar-refractivity contribution >= 4 is 22.0 Å². The molecule has 1 aliphatic rings. The molecule has 32 heavy (non-hydrogen) atoms. The van der Waals surface area contributed by atoms with E-state index in [4.69, 9.17) is 0 Å². The van der Waals surface area contributed by atoms with Crippen LogP contribution >= 0.6 is 11.3 Å². The van der Waals surface area contributed by atoms with E-state index in [1.165, 1.54) is 40.1 Å². The van der Waals surface area contributed by atoms with E-state index in [1.807, 2.05) is 6.92 Å². The Morgan fingerprint density at radius 2 is 1.59 bits per heavy atom. The number of aryl methyl sites for hydroxylation is 1. The van der Waals surface area contributed by atoms with Gasteiger partial charge in [0.05, 0.1) is 10.9 Å². The number of benzene rings is 2. The van der Waals surface area contributed by atoms with E-state index in [-0.39, 0.29) is 23.6 Å². The minimum absolute atomic E-state index is 0.0764. The van der Waals surface area contributed by atoms with Crippen LogP contribution in [0.15, 0.2) is 48.5 Å². The average Bonchev–Trinajstić information content (AvgIpc) is 3.35. The van der Waals surface area contributed by atoms with Crippen LogP contribution in [0.25, 0.3) is 4.96 Å². The van der Waals surface area contributed by atoms with Crippen LogP contribution in [0.5, 0.6) is 5.88 Å². The van der Waals surface area contributed by atoms with Crippen molar-refractivity contribution in [3.8, 4) is 5.88 Å². The van der Waals surface area contributed by atoms with Crippen LogP contribution in [-0.2, 0) is 6.42 Å². The second kappa shape index (κ2) is 8.48. The maximum Gasteiger partial charge on any atom is 0.230 e. The van der Waals surface area contributed by atoms with Gasteiger partial charge in [-0.05, 0) is 42.0 Å². The largest absolute Gasteiger partial charge is 0.492 e. The van der Waals surface area contributed by atoms with Gasteiger partial charge in [0.15, 0.2) is 5.82 Å². The number of anilines is 1. The number of piperazine rings is 1. The molecule has 3 heterocycles. The van der Waals surface area contributed by atoms with Crippen molar-refractivity contribution in [2.45, 2.75) is 19.4 Å². The maximum atomic E-state index is 13.6. The molecule has 5 rings (SSSR count). The number of fused-ring (bicyclic) bond motifs is 1. The smallest absolute Gasteiger partial charge is 0.230 e. The quantitative estimate of drug-likeness (QED) is 0.488. The number of aromatic hydroxyl groups is 1. The van der Waals surface area contributed by atoms with E-state index < -0.39 is 0 Å². The number of rotatable bonds is 5. The first-order valence-electron chi connectivity index (χ1n) is 10.6. The Bertz CT molecular complexity index is 1210. The molecule has 0 radical (unpaired) electrons. The van der Waals surface area contributed by atoms with Gasteiger partial charge in [-0.1, -0.05) is 30.4 Å². The Balaban J connectivity index is 1.46. The summed E-state index contributed by atoms with van der Waals surface area (Å²) in [7, 11) is 0. The number of hydrogen-bond acceptors (Lipinski definition) is 6. The van der Waals surface area contributed by atoms with Crippen LogP contribution < -0.4 is 4.90 Å². The molecular formula is C23H23F2N5OS. The highest BCUT2D eigenvalue weighted by molar-refractivity contribution is 7.17. The van der Waals surface area contributed by atoms with Gasteiger partial charge in [0, 0.05) is 38.3 Å². The third-order valence-corrected chi connectivity index (χ3v) is 6.94. The van der Waals surface area contributed by atoms with Gasteiger partial charge in [0.1, 0.15) is 11.6 Å². The second-order valence-corrected chi connectivity index (χ2v) is 8.83. The molecule has 0 spiro atoms. The molecule has 166 valence electrons.